The average molecular weight is 370 g/mol. The summed E-state index contributed by atoms with van der Waals surface area (Å²) in [4.78, 5) is 25.8. The molecule has 2 aromatic carbocycles. The van der Waals surface area contributed by atoms with Gasteiger partial charge in [-0.3, -0.25) is 9.59 Å². The average Bonchev–Trinajstić information content (AvgIpc) is 2.58. The molecule has 0 aliphatic heterocycles. The molecule has 0 radical (unpaired) electrons. The van der Waals surface area contributed by atoms with E-state index in [0.29, 0.717) is 24.3 Å². The van der Waals surface area contributed by atoms with Crippen LogP contribution in [0, 0.1) is 5.41 Å². The third-order valence-electron chi connectivity index (χ3n) is 5.08. The fourth-order valence-corrected chi connectivity index (χ4v) is 3.78. The molecule has 5 nitrogen and oxygen atoms in total. The van der Waals surface area contributed by atoms with E-state index in [9.17, 15) is 9.59 Å². The molecule has 27 heavy (non-hydrogen) atoms. The summed E-state index contributed by atoms with van der Waals surface area (Å²) in [6, 6.07) is 7.69. The van der Waals surface area contributed by atoms with Crippen molar-refractivity contribution in [2.24, 2.45) is 5.41 Å². The lowest BCUT2D eigenvalue weighted by molar-refractivity contribution is -0.170. The molecule has 0 heterocycles. The van der Waals surface area contributed by atoms with Gasteiger partial charge in [0.1, 0.15) is 28.3 Å². The molecule has 0 fully saturated rings. The Bertz CT molecular complexity index is 872. The lowest BCUT2D eigenvalue weighted by Gasteiger charge is -2.36. The van der Waals surface area contributed by atoms with Gasteiger partial charge < -0.3 is 14.2 Å². The minimum Gasteiger partial charge on any atom is -0.497 e. The minimum absolute atomic E-state index is 0.193. The minimum atomic E-state index is -1.24. The largest absolute Gasteiger partial charge is 0.497 e. The molecule has 2 aromatic rings. The molecular weight excluding hydrogens is 344 g/mol. The SMILES string of the molecule is COc1cc2c3c(cc(OC)cc3c1)CC(C(C)=O)(C(=O)OC(C)(C)C)C2. The number of Topliss-reactive ketones (excluding diaryl/α,β-unsaturated/α-hetero) is 1. The molecule has 1 aliphatic carbocycles. The van der Waals surface area contributed by atoms with Crippen molar-refractivity contribution in [2.75, 3.05) is 14.2 Å². The van der Waals surface area contributed by atoms with Gasteiger partial charge in [-0.2, -0.15) is 0 Å². The van der Waals surface area contributed by atoms with Crippen LogP contribution in [-0.2, 0) is 27.2 Å². The van der Waals surface area contributed by atoms with Crippen LogP contribution in [0.3, 0.4) is 0 Å². The van der Waals surface area contributed by atoms with E-state index in [-0.39, 0.29) is 5.78 Å². The highest BCUT2D eigenvalue weighted by Crippen LogP contribution is 2.44. The summed E-state index contributed by atoms with van der Waals surface area (Å²) in [5.41, 5.74) is -0.0901. The maximum atomic E-state index is 13.1. The zero-order chi connectivity index (χ0) is 20.0. The second-order valence-corrected chi connectivity index (χ2v) is 8.16. The van der Waals surface area contributed by atoms with Gasteiger partial charge in [0, 0.05) is 0 Å². The fourth-order valence-electron chi connectivity index (χ4n) is 3.78. The first-order valence-electron chi connectivity index (χ1n) is 9.01. The summed E-state index contributed by atoms with van der Waals surface area (Å²) in [6.07, 6.45) is 0.592. The van der Waals surface area contributed by atoms with Gasteiger partial charge in [-0.1, -0.05) is 0 Å². The van der Waals surface area contributed by atoms with Crippen LogP contribution in [0.4, 0.5) is 0 Å². The van der Waals surface area contributed by atoms with Crippen molar-refractivity contribution in [3.05, 3.63) is 35.4 Å². The summed E-state index contributed by atoms with van der Waals surface area (Å²) in [6.45, 7) is 6.89. The van der Waals surface area contributed by atoms with Crippen LogP contribution >= 0.6 is 0 Å². The first kappa shape index (κ1) is 19.2. The van der Waals surface area contributed by atoms with Crippen molar-refractivity contribution < 1.29 is 23.8 Å². The molecule has 0 amide bonds. The Labute approximate surface area is 159 Å². The monoisotopic (exact) mass is 370 g/mol. The highest BCUT2D eigenvalue weighted by atomic mass is 16.6. The quantitative estimate of drug-likeness (QED) is 0.604. The van der Waals surface area contributed by atoms with E-state index in [4.69, 9.17) is 14.2 Å². The Morgan fingerprint density at radius 1 is 0.926 bits per heavy atom. The van der Waals surface area contributed by atoms with Crippen LogP contribution in [0.15, 0.2) is 24.3 Å². The molecule has 1 aliphatic rings. The summed E-state index contributed by atoms with van der Waals surface area (Å²) in [5.74, 6) is 0.689. The van der Waals surface area contributed by atoms with Gasteiger partial charge in [0.2, 0.25) is 0 Å². The van der Waals surface area contributed by atoms with E-state index in [2.05, 4.69) is 0 Å². The Morgan fingerprint density at radius 3 is 1.78 bits per heavy atom. The fraction of sp³-hybridized carbons (Fsp3) is 0.455. The molecule has 0 aromatic heterocycles. The number of ketones is 1. The molecule has 0 N–H and O–H groups in total. The smallest absolute Gasteiger partial charge is 0.320 e. The lowest BCUT2D eigenvalue weighted by atomic mass is 9.68. The van der Waals surface area contributed by atoms with Crippen molar-refractivity contribution in [1.82, 2.24) is 0 Å². The normalized spacial score (nSPS) is 15.3. The van der Waals surface area contributed by atoms with Crippen LogP contribution in [-0.4, -0.2) is 31.6 Å². The molecule has 5 heteroatoms. The number of esters is 1. The molecule has 0 spiro atoms. The van der Waals surface area contributed by atoms with Gasteiger partial charge in [-0.15, -0.1) is 0 Å². The third-order valence-corrected chi connectivity index (χ3v) is 5.08. The van der Waals surface area contributed by atoms with E-state index in [1.54, 1.807) is 14.2 Å². The van der Waals surface area contributed by atoms with Crippen molar-refractivity contribution in [1.29, 1.82) is 0 Å². The number of ether oxygens (including phenoxy) is 3. The van der Waals surface area contributed by atoms with Crippen molar-refractivity contribution >= 4 is 22.5 Å². The number of carbonyl (C=O) groups is 2. The molecule has 0 saturated heterocycles. The van der Waals surface area contributed by atoms with Gasteiger partial charge >= 0.3 is 5.97 Å². The second-order valence-electron chi connectivity index (χ2n) is 8.16. The summed E-state index contributed by atoms with van der Waals surface area (Å²) >= 11 is 0. The molecule has 0 unspecified atom stereocenters. The molecule has 3 rings (SSSR count). The Kier molecular flexibility index (Phi) is 4.66. The highest BCUT2D eigenvalue weighted by Gasteiger charge is 2.49. The molecule has 0 saturated carbocycles. The summed E-state index contributed by atoms with van der Waals surface area (Å²) in [5, 5.41) is 2.03. The van der Waals surface area contributed by atoms with Crippen molar-refractivity contribution in [3.63, 3.8) is 0 Å². The van der Waals surface area contributed by atoms with Gasteiger partial charge in [-0.25, -0.2) is 0 Å². The molecular formula is C22H26O5. The number of carbonyl (C=O) groups excluding carboxylic acids is 2. The van der Waals surface area contributed by atoms with Crippen LogP contribution < -0.4 is 9.47 Å². The number of rotatable bonds is 4. The van der Waals surface area contributed by atoms with Gasteiger partial charge in [0.15, 0.2) is 0 Å². The standard InChI is InChI=1S/C22H26O5/c1-13(23)22(20(24)27-21(2,3)4)11-15-9-17(25-5)7-14-8-18(26-6)10-16(12-22)19(14)15/h7-10H,11-12H2,1-6H3. The van der Waals surface area contributed by atoms with E-state index >= 15 is 0 Å². The number of hydrogen-bond acceptors (Lipinski definition) is 5. The van der Waals surface area contributed by atoms with Crippen LogP contribution in [0.2, 0.25) is 0 Å². The molecule has 144 valence electrons. The number of benzene rings is 2. The predicted molar refractivity (Wildman–Crippen MR) is 103 cm³/mol. The predicted octanol–water partition coefficient (Wildman–Crippen LogP) is 3.87. The van der Waals surface area contributed by atoms with E-state index in [1.165, 1.54) is 6.92 Å². The zero-order valence-electron chi connectivity index (χ0n) is 16.8. The first-order valence-corrected chi connectivity index (χ1v) is 9.01. The lowest BCUT2D eigenvalue weighted by Crippen LogP contribution is -2.47. The maximum Gasteiger partial charge on any atom is 0.320 e. The van der Waals surface area contributed by atoms with Gasteiger partial charge in [0.05, 0.1) is 14.2 Å². The van der Waals surface area contributed by atoms with Crippen LogP contribution in [0.25, 0.3) is 10.8 Å². The van der Waals surface area contributed by atoms with Crippen LogP contribution in [0.1, 0.15) is 38.8 Å². The summed E-state index contributed by atoms with van der Waals surface area (Å²) < 4.78 is 16.5. The summed E-state index contributed by atoms with van der Waals surface area (Å²) in [7, 11) is 3.20. The third kappa shape index (κ3) is 3.38. The second kappa shape index (κ2) is 6.55. The maximum absolute atomic E-state index is 13.1. The molecule has 0 atom stereocenters. The van der Waals surface area contributed by atoms with E-state index in [1.807, 2.05) is 45.0 Å². The van der Waals surface area contributed by atoms with E-state index < -0.39 is 17.0 Å². The highest BCUT2D eigenvalue weighted by molar-refractivity contribution is 6.06. The topological polar surface area (TPSA) is 61.8 Å². The first-order chi connectivity index (χ1) is 12.6. The van der Waals surface area contributed by atoms with Crippen LogP contribution in [0.5, 0.6) is 11.5 Å². The van der Waals surface area contributed by atoms with Crippen molar-refractivity contribution in [3.8, 4) is 11.5 Å². The van der Waals surface area contributed by atoms with E-state index in [0.717, 1.165) is 21.9 Å². The molecule has 0 bridgehead atoms. The van der Waals surface area contributed by atoms with Gasteiger partial charge in [0.25, 0.3) is 0 Å². The van der Waals surface area contributed by atoms with Gasteiger partial charge in [-0.05, 0) is 86.7 Å². The number of hydrogen-bond donors (Lipinski definition) is 0. The van der Waals surface area contributed by atoms with Crippen molar-refractivity contribution in [2.45, 2.75) is 46.1 Å². The Hall–Kier alpha value is -2.56. The number of methoxy groups -OCH3 is 2. The Balaban J connectivity index is 2.21. The zero-order valence-corrected chi connectivity index (χ0v) is 16.8. The Morgan fingerprint density at radius 2 is 1.41 bits per heavy atom.